The first-order valence-electron chi connectivity index (χ1n) is 14.3. The topological polar surface area (TPSA) is 0 Å². The van der Waals surface area contributed by atoms with E-state index in [9.17, 15) is 0 Å². The molecule has 0 aliphatic rings. The molecule has 0 aromatic heterocycles. The molecule has 0 heterocycles. The van der Waals surface area contributed by atoms with Gasteiger partial charge in [0.1, 0.15) is 0 Å². The summed E-state index contributed by atoms with van der Waals surface area (Å²) in [6.45, 7) is 13.9. The van der Waals surface area contributed by atoms with E-state index in [1.165, 1.54) is 114 Å². The van der Waals surface area contributed by atoms with Crippen LogP contribution in [0.15, 0.2) is 12.2 Å². The van der Waals surface area contributed by atoms with E-state index >= 15 is 0 Å². The summed E-state index contributed by atoms with van der Waals surface area (Å²) in [5.41, 5.74) is 0. The van der Waals surface area contributed by atoms with Crippen LogP contribution in [0.4, 0.5) is 0 Å². The Morgan fingerprint density at radius 3 is 0.750 bits per heavy atom. The van der Waals surface area contributed by atoms with Crippen molar-refractivity contribution in [3.63, 3.8) is 0 Å². The van der Waals surface area contributed by atoms with Gasteiger partial charge in [0.15, 0.2) is 0 Å². The quantitative estimate of drug-likeness (QED) is 0.0966. The fourth-order valence-corrected chi connectivity index (χ4v) is 18.3. The summed E-state index contributed by atoms with van der Waals surface area (Å²) >= 11 is 15.7. The molecule has 0 rings (SSSR count). The Morgan fingerprint density at radius 2 is 0.594 bits per heavy atom. The van der Waals surface area contributed by atoms with E-state index in [0.29, 0.717) is 0 Å². The Labute approximate surface area is 213 Å². The molecule has 0 saturated heterocycles. The Balaban J connectivity index is 5.74. The van der Waals surface area contributed by atoms with Crippen molar-refractivity contribution in [2.24, 2.45) is 0 Å². The molecule has 0 saturated carbocycles. The SMILES string of the molecule is CCCCP(Cl)(C/C=C/CP(Cl)(CCCC)(CCCC)CCCC)(CCCC)CCCC. The van der Waals surface area contributed by atoms with E-state index in [0.717, 1.165) is 12.3 Å². The van der Waals surface area contributed by atoms with Gasteiger partial charge in [-0.05, 0) is 0 Å². The molecule has 0 bridgehead atoms. The number of allylic oxidation sites excluding steroid dienone is 2. The molecule has 0 N–H and O–H groups in total. The van der Waals surface area contributed by atoms with Crippen LogP contribution in [0.5, 0.6) is 0 Å². The number of unbranched alkanes of at least 4 members (excludes halogenated alkanes) is 6. The van der Waals surface area contributed by atoms with Crippen molar-refractivity contribution in [1.82, 2.24) is 0 Å². The summed E-state index contributed by atoms with van der Waals surface area (Å²) in [7, 11) is 0. The van der Waals surface area contributed by atoms with Crippen LogP contribution >= 0.6 is 34.4 Å². The third kappa shape index (κ3) is 12.2. The molecule has 0 fully saturated rings. The monoisotopic (exact) mass is 528 g/mol. The molecule has 32 heavy (non-hydrogen) atoms. The van der Waals surface area contributed by atoms with Crippen molar-refractivity contribution in [3.05, 3.63) is 12.2 Å². The van der Waals surface area contributed by atoms with Gasteiger partial charge in [0.2, 0.25) is 0 Å². The summed E-state index contributed by atoms with van der Waals surface area (Å²) in [5, 5.41) is 0. The van der Waals surface area contributed by atoms with E-state index in [2.05, 4.69) is 53.7 Å². The maximum absolute atomic E-state index is 7.83. The van der Waals surface area contributed by atoms with E-state index in [1.54, 1.807) is 0 Å². The van der Waals surface area contributed by atoms with Gasteiger partial charge in [-0.15, -0.1) is 0 Å². The van der Waals surface area contributed by atoms with E-state index < -0.39 is 11.9 Å². The average Bonchev–Trinajstić information content (AvgIpc) is 2.80. The fraction of sp³-hybridized carbons (Fsp3) is 0.929. The molecule has 0 aliphatic carbocycles. The molecule has 0 aromatic rings. The van der Waals surface area contributed by atoms with Gasteiger partial charge in [-0.25, -0.2) is 0 Å². The summed E-state index contributed by atoms with van der Waals surface area (Å²) in [6.07, 6.45) is 30.3. The fourth-order valence-electron chi connectivity index (χ4n) is 5.21. The Bertz CT molecular complexity index is 411. The average molecular weight is 530 g/mol. The Hall–Kier alpha value is 1.18. The molecule has 0 spiro atoms. The van der Waals surface area contributed by atoms with E-state index in [4.69, 9.17) is 22.5 Å². The number of hydrogen-bond donors (Lipinski definition) is 0. The van der Waals surface area contributed by atoms with Gasteiger partial charge < -0.3 is 0 Å². The molecule has 0 aliphatic heterocycles. The molecule has 0 radical (unpaired) electrons. The van der Waals surface area contributed by atoms with Crippen LogP contribution in [-0.4, -0.2) is 49.3 Å². The van der Waals surface area contributed by atoms with Gasteiger partial charge in [0.25, 0.3) is 0 Å². The first kappa shape index (κ1) is 33.2. The predicted octanol–water partition coefficient (Wildman–Crippen LogP) is 11.8. The number of hydrogen-bond acceptors (Lipinski definition) is 0. The van der Waals surface area contributed by atoms with Crippen LogP contribution < -0.4 is 0 Å². The van der Waals surface area contributed by atoms with Crippen LogP contribution in [-0.2, 0) is 0 Å². The molecule has 0 nitrogen and oxygen atoms in total. The summed E-state index contributed by atoms with van der Waals surface area (Å²) in [4.78, 5) is 0. The van der Waals surface area contributed by atoms with Crippen molar-refractivity contribution >= 4 is 34.4 Å². The van der Waals surface area contributed by atoms with Crippen LogP contribution in [0.1, 0.15) is 119 Å². The molecule has 0 unspecified atom stereocenters. The van der Waals surface area contributed by atoms with Crippen LogP contribution in [0.25, 0.3) is 0 Å². The molecule has 196 valence electrons. The van der Waals surface area contributed by atoms with E-state index in [1.807, 2.05) is 0 Å². The second-order valence-corrected chi connectivity index (χ2v) is 27.4. The predicted molar refractivity (Wildman–Crippen MR) is 163 cm³/mol. The van der Waals surface area contributed by atoms with Crippen molar-refractivity contribution in [3.8, 4) is 0 Å². The number of rotatable bonds is 22. The van der Waals surface area contributed by atoms with Gasteiger partial charge in [-0.3, -0.25) is 0 Å². The van der Waals surface area contributed by atoms with Crippen molar-refractivity contribution in [2.75, 3.05) is 49.3 Å². The Morgan fingerprint density at radius 1 is 0.406 bits per heavy atom. The first-order chi connectivity index (χ1) is 15.2. The van der Waals surface area contributed by atoms with Crippen molar-refractivity contribution < 1.29 is 0 Å². The minimum absolute atomic E-state index is 1.14. The van der Waals surface area contributed by atoms with Gasteiger partial charge in [0, 0.05) is 0 Å². The first-order valence-corrected chi connectivity index (χ1v) is 22.0. The summed E-state index contributed by atoms with van der Waals surface area (Å²) in [5.74, 6) is -4.38. The Kier molecular flexibility index (Phi) is 17.4. The standard InChI is InChI=1S/C28H60Cl2P2/c1-7-13-21-31(29,22-14-8-2,23-15-9-3)27-19-20-28-32(30,24-16-10-4,25-17-11-5)26-18-12-6/h19-20H,7-18,21-28H2,1-6H3/b20-19+. The van der Waals surface area contributed by atoms with Gasteiger partial charge in [0.05, 0.1) is 0 Å². The molecular weight excluding hydrogens is 469 g/mol. The molecule has 4 heteroatoms. The van der Waals surface area contributed by atoms with Crippen molar-refractivity contribution in [1.29, 1.82) is 0 Å². The molecule has 0 aromatic carbocycles. The zero-order chi connectivity index (χ0) is 24.5. The molecule has 0 amide bonds. The van der Waals surface area contributed by atoms with Gasteiger partial charge >= 0.3 is 214 Å². The third-order valence-electron chi connectivity index (χ3n) is 7.71. The minimum atomic E-state index is -2.19. The van der Waals surface area contributed by atoms with Crippen LogP contribution in [0.2, 0.25) is 0 Å². The van der Waals surface area contributed by atoms with Crippen LogP contribution in [0.3, 0.4) is 0 Å². The maximum atomic E-state index is 7.83. The van der Waals surface area contributed by atoms with Gasteiger partial charge in [-0.1, -0.05) is 0 Å². The normalized spacial score (nSPS) is 15.5. The van der Waals surface area contributed by atoms with E-state index in [-0.39, 0.29) is 0 Å². The van der Waals surface area contributed by atoms with Gasteiger partial charge in [-0.2, -0.15) is 0 Å². The number of halogens is 2. The zero-order valence-electron chi connectivity index (χ0n) is 22.9. The zero-order valence-corrected chi connectivity index (χ0v) is 26.2. The third-order valence-corrected chi connectivity index (χ3v) is 22.4. The second kappa shape index (κ2) is 16.8. The molecular formula is C28H60Cl2P2. The van der Waals surface area contributed by atoms with Crippen LogP contribution in [0, 0.1) is 0 Å². The summed E-state index contributed by atoms with van der Waals surface area (Å²) in [6, 6.07) is 0. The summed E-state index contributed by atoms with van der Waals surface area (Å²) < 4.78 is 0. The van der Waals surface area contributed by atoms with Crippen molar-refractivity contribution in [2.45, 2.75) is 119 Å². The second-order valence-electron chi connectivity index (χ2n) is 10.9. The molecule has 0 atom stereocenters.